The van der Waals surface area contributed by atoms with Gasteiger partial charge < -0.3 is 9.84 Å². The fraction of sp³-hybridized carbons (Fsp3) is 0.0909. The van der Waals surface area contributed by atoms with Gasteiger partial charge in [0.25, 0.3) is 0 Å². The summed E-state index contributed by atoms with van der Waals surface area (Å²) >= 11 is 0. The average Bonchev–Trinajstić information content (AvgIpc) is 2.29. The van der Waals surface area contributed by atoms with Gasteiger partial charge in [-0.2, -0.15) is 0 Å². The Balaban J connectivity index is 2.53. The molecule has 0 radical (unpaired) electrons. The summed E-state index contributed by atoms with van der Waals surface area (Å²) in [4.78, 5) is 8.08. The van der Waals surface area contributed by atoms with E-state index in [1.807, 2.05) is 6.07 Å². The van der Waals surface area contributed by atoms with Crippen molar-refractivity contribution in [2.45, 2.75) is 0 Å². The standard InChI is InChI=1S/C11H10N2O2/c1-15-10-3-2-4-13-11(10)8-5-9(14)7-12-6-8/h2-7,14H,1H3. The van der Waals surface area contributed by atoms with Crippen LogP contribution < -0.4 is 4.74 Å². The molecule has 0 saturated heterocycles. The largest absolute Gasteiger partial charge is 0.506 e. The molecule has 2 heterocycles. The fourth-order valence-electron chi connectivity index (χ4n) is 1.33. The zero-order valence-electron chi connectivity index (χ0n) is 8.21. The van der Waals surface area contributed by atoms with E-state index in [4.69, 9.17) is 4.74 Å². The van der Waals surface area contributed by atoms with Gasteiger partial charge in [0.1, 0.15) is 17.2 Å². The maximum atomic E-state index is 9.31. The fourth-order valence-corrected chi connectivity index (χ4v) is 1.33. The second-order valence-electron chi connectivity index (χ2n) is 2.99. The number of rotatable bonds is 2. The van der Waals surface area contributed by atoms with Crippen LogP contribution in [-0.4, -0.2) is 22.2 Å². The Labute approximate surface area is 87.2 Å². The Kier molecular flexibility index (Phi) is 2.49. The topological polar surface area (TPSA) is 55.2 Å². The van der Waals surface area contributed by atoms with Gasteiger partial charge >= 0.3 is 0 Å². The number of nitrogens with zero attached hydrogens (tertiary/aromatic N) is 2. The Morgan fingerprint density at radius 2 is 2.20 bits per heavy atom. The first-order valence-corrected chi connectivity index (χ1v) is 4.44. The number of aromatic nitrogens is 2. The van der Waals surface area contributed by atoms with Gasteiger partial charge in [0, 0.05) is 18.0 Å². The van der Waals surface area contributed by atoms with E-state index < -0.39 is 0 Å². The summed E-state index contributed by atoms with van der Waals surface area (Å²) in [6.07, 6.45) is 4.67. The molecule has 1 N–H and O–H groups in total. The highest BCUT2D eigenvalue weighted by Crippen LogP contribution is 2.27. The van der Waals surface area contributed by atoms with Crippen LogP contribution >= 0.6 is 0 Å². The van der Waals surface area contributed by atoms with E-state index in [0.29, 0.717) is 11.4 Å². The molecule has 4 nitrogen and oxygen atoms in total. The zero-order chi connectivity index (χ0) is 10.7. The molecule has 0 unspecified atom stereocenters. The van der Waals surface area contributed by atoms with Crippen molar-refractivity contribution in [1.82, 2.24) is 9.97 Å². The molecule has 2 aromatic rings. The first kappa shape index (κ1) is 9.45. The van der Waals surface area contributed by atoms with Gasteiger partial charge in [0.2, 0.25) is 0 Å². The van der Waals surface area contributed by atoms with Gasteiger partial charge in [-0.15, -0.1) is 0 Å². The van der Waals surface area contributed by atoms with Crippen molar-refractivity contribution < 1.29 is 9.84 Å². The number of hydrogen-bond acceptors (Lipinski definition) is 4. The van der Waals surface area contributed by atoms with E-state index in [2.05, 4.69) is 9.97 Å². The molecule has 0 spiro atoms. The van der Waals surface area contributed by atoms with Crippen molar-refractivity contribution in [3.63, 3.8) is 0 Å². The molecule has 0 bridgehead atoms. The van der Waals surface area contributed by atoms with Gasteiger partial charge in [0.05, 0.1) is 13.3 Å². The normalized spacial score (nSPS) is 9.93. The van der Waals surface area contributed by atoms with Crippen LogP contribution in [0, 0.1) is 0 Å². The SMILES string of the molecule is COc1cccnc1-c1cncc(O)c1. The third-order valence-electron chi connectivity index (χ3n) is 1.99. The van der Waals surface area contributed by atoms with Crippen molar-refractivity contribution >= 4 is 0 Å². The van der Waals surface area contributed by atoms with Gasteiger partial charge in [-0.3, -0.25) is 9.97 Å². The van der Waals surface area contributed by atoms with Crippen LogP contribution in [0.4, 0.5) is 0 Å². The van der Waals surface area contributed by atoms with E-state index in [9.17, 15) is 5.11 Å². The summed E-state index contributed by atoms with van der Waals surface area (Å²) in [5.74, 6) is 0.769. The Morgan fingerprint density at radius 3 is 2.93 bits per heavy atom. The smallest absolute Gasteiger partial charge is 0.145 e. The molecule has 0 aliphatic rings. The number of hydrogen-bond donors (Lipinski definition) is 1. The number of methoxy groups -OCH3 is 1. The van der Waals surface area contributed by atoms with E-state index in [1.54, 1.807) is 31.6 Å². The third kappa shape index (κ3) is 1.88. The maximum absolute atomic E-state index is 9.31. The molecule has 0 saturated carbocycles. The Hall–Kier alpha value is -2.10. The minimum absolute atomic E-state index is 0.111. The number of pyridine rings is 2. The summed E-state index contributed by atoms with van der Waals surface area (Å²) in [7, 11) is 1.58. The highest BCUT2D eigenvalue weighted by Gasteiger charge is 2.06. The molecular weight excluding hydrogens is 192 g/mol. The molecule has 2 aromatic heterocycles. The predicted octanol–water partition coefficient (Wildman–Crippen LogP) is 1.86. The van der Waals surface area contributed by atoms with Crippen molar-refractivity contribution in [1.29, 1.82) is 0 Å². The van der Waals surface area contributed by atoms with Gasteiger partial charge in [-0.25, -0.2) is 0 Å². The van der Waals surface area contributed by atoms with Crippen LogP contribution in [0.5, 0.6) is 11.5 Å². The maximum Gasteiger partial charge on any atom is 0.145 e. The zero-order valence-corrected chi connectivity index (χ0v) is 8.21. The summed E-state index contributed by atoms with van der Waals surface area (Å²) in [6.45, 7) is 0. The molecule has 0 aliphatic carbocycles. The van der Waals surface area contributed by atoms with E-state index >= 15 is 0 Å². The molecular formula is C11H10N2O2. The first-order valence-electron chi connectivity index (χ1n) is 4.44. The lowest BCUT2D eigenvalue weighted by molar-refractivity contribution is 0.414. The highest BCUT2D eigenvalue weighted by atomic mass is 16.5. The van der Waals surface area contributed by atoms with Crippen molar-refractivity contribution in [2.75, 3.05) is 7.11 Å². The summed E-state index contributed by atoms with van der Waals surface area (Å²) in [5.41, 5.74) is 1.40. The first-order chi connectivity index (χ1) is 7.31. The molecule has 0 fully saturated rings. The number of aromatic hydroxyl groups is 1. The van der Waals surface area contributed by atoms with Crippen LogP contribution in [0.15, 0.2) is 36.8 Å². The van der Waals surface area contributed by atoms with Crippen LogP contribution in [0.3, 0.4) is 0 Å². The van der Waals surface area contributed by atoms with Gasteiger partial charge in [-0.1, -0.05) is 0 Å². The van der Waals surface area contributed by atoms with E-state index in [-0.39, 0.29) is 5.75 Å². The molecule has 15 heavy (non-hydrogen) atoms. The van der Waals surface area contributed by atoms with Crippen molar-refractivity contribution in [3.8, 4) is 22.8 Å². The Bertz CT molecular complexity index is 472. The molecule has 0 aliphatic heterocycles. The lowest BCUT2D eigenvalue weighted by Gasteiger charge is -2.06. The van der Waals surface area contributed by atoms with E-state index in [1.165, 1.54) is 6.20 Å². The lowest BCUT2D eigenvalue weighted by Crippen LogP contribution is -1.90. The van der Waals surface area contributed by atoms with Crippen LogP contribution in [0.25, 0.3) is 11.3 Å². The predicted molar refractivity (Wildman–Crippen MR) is 55.7 cm³/mol. The van der Waals surface area contributed by atoms with Gasteiger partial charge in [-0.05, 0) is 18.2 Å². The lowest BCUT2D eigenvalue weighted by atomic mass is 10.2. The second-order valence-corrected chi connectivity index (χ2v) is 2.99. The van der Waals surface area contributed by atoms with Crippen LogP contribution in [0.2, 0.25) is 0 Å². The molecule has 0 atom stereocenters. The molecule has 0 aromatic carbocycles. The van der Waals surface area contributed by atoms with Crippen LogP contribution in [-0.2, 0) is 0 Å². The molecule has 2 rings (SSSR count). The monoisotopic (exact) mass is 202 g/mol. The van der Waals surface area contributed by atoms with E-state index in [0.717, 1.165) is 5.56 Å². The second kappa shape index (κ2) is 3.96. The number of ether oxygens (including phenoxy) is 1. The average molecular weight is 202 g/mol. The van der Waals surface area contributed by atoms with Crippen molar-refractivity contribution in [3.05, 3.63) is 36.8 Å². The third-order valence-corrected chi connectivity index (χ3v) is 1.99. The summed E-state index contributed by atoms with van der Waals surface area (Å²) in [6, 6.07) is 5.20. The molecule has 76 valence electrons. The summed E-state index contributed by atoms with van der Waals surface area (Å²) < 4.78 is 5.17. The summed E-state index contributed by atoms with van der Waals surface area (Å²) in [5, 5.41) is 9.31. The Morgan fingerprint density at radius 1 is 1.33 bits per heavy atom. The van der Waals surface area contributed by atoms with Crippen molar-refractivity contribution in [2.24, 2.45) is 0 Å². The quantitative estimate of drug-likeness (QED) is 0.807. The van der Waals surface area contributed by atoms with Gasteiger partial charge in [0.15, 0.2) is 0 Å². The minimum atomic E-state index is 0.111. The molecule has 4 heteroatoms. The minimum Gasteiger partial charge on any atom is -0.506 e. The molecule has 0 amide bonds. The highest BCUT2D eigenvalue weighted by molar-refractivity contribution is 5.66. The van der Waals surface area contributed by atoms with Crippen LogP contribution in [0.1, 0.15) is 0 Å².